The van der Waals surface area contributed by atoms with Crippen LogP contribution >= 0.6 is 0 Å². The van der Waals surface area contributed by atoms with Gasteiger partial charge >= 0.3 is 0 Å². The van der Waals surface area contributed by atoms with Crippen LogP contribution in [0.25, 0.3) is 0 Å². The van der Waals surface area contributed by atoms with E-state index in [1.165, 1.54) is 70.6 Å². The van der Waals surface area contributed by atoms with Gasteiger partial charge < -0.3 is 4.79 Å². The van der Waals surface area contributed by atoms with Gasteiger partial charge in [-0.15, -0.1) is 0 Å². The molecule has 0 unspecified atom stereocenters. The highest BCUT2D eigenvalue weighted by molar-refractivity contribution is 5.48. The zero-order valence-corrected chi connectivity index (χ0v) is 13.5. The summed E-state index contributed by atoms with van der Waals surface area (Å²) >= 11 is 0. The first kappa shape index (κ1) is 16.0. The molecule has 0 aromatic carbocycles. The molecule has 2 rings (SSSR count). The van der Waals surface area contributed by atoms with Crippen LogP contribution in [0.4, 0.5) is 0 Å². The van der Waals surface area contributed by atoms with Gasteiger partial charge in [0.05, 0.1) is 0 Å². The summed E-state index contributed by atoms with van der Waals surface area (Å²) in [5, 5.41) is 0. The molecule has 0 aliphatic heterocycles. The fourth-order valence-corrected chi connectivity index (χ4v) is 4.79. The van der Waals surface area contributed by atoms with Crippen molar-refractivity contribution in [2.45, 2.75) is 90.4 Å². The maximum Gasteiger partial charge on any atom is 0.119 e. The van der Waals surface area contributed by atoms with Crippen molar-refractivity contribution in [3.8, 4) is 0 Å². The van der Waals surface area contributed by atoms with Gasteiger partial charge in [-0.3, -0.25) is 0 Å². The van der Waals surface area contributed by atoms with Crippen LogP contribution < -0.4 is 0 Å². The molecule has 0 atom stereocenters. The van der Waals surface area contributed by atoms with Crippen LogP contribution in [-0.2, 0) is 4.79 Å². The second kappa shape index (κ2) is 8.85. The van der Waals surface area contributed by atoms with Gasteiger partial charge in [0.25, 0.3) is 0 Å². The molecule has 20 heavy (non-hydrogen) atoms. The topological polar surface area (TPSA) is 17.1 Å². The number of rotatable bonds is 7. The van der Waals surface area contributed by atoms with E-state index in [2.05, 4.69) is 6.92 Å². The van der Waals surface area contributed by atoms with Gasteiger partial charge in [-0.2, -0.15) is 0 Å². The minimum atomic E-state index is 0.779. The Bertz CT molecular complexity index is 257. The summed E-state index contributed by atoms with van der Waals surface area (Å²) in [5.41, 5.74) is 0. The first-order valence-electron chi connectivity index (χ1n) is 9.27. The number of carbonyl (C=O) groups excluding carboxylic acids is 1. The van der Waals surface area contributed by atoms with Crippen molar-refractivity contribution in [2.24, 2.45) is 23.7 Å². The van der Waals surface area contributed by atoms with Gasteiger partial charge in [0, 0.05) is 6.42 Å². The van der Waals surface area contributed by atoms with Crippen molar-refractivity contribution in [3.63, 3.8) is 0 Å². The number of aldehydes is 1. The molecule has 0 amide bonds. The molecule has 2 saturated carbocycles. The molecule has 2 fully saturated rings. The summed E-state index contributed by atoms with van der Waals surface area (Å²) in [6.07, 6.45) is 19.0. The maximum atomic E-state index is 10.4. The molecule has 0 radical (unpaired) electrons. The Labute approximate surface area is 125 Å². The van der Waals surface area contributed by atoms with Crippen LogP contribution in [0.1, 0.15) is 90.4 Å². The zero-order chi connectivity index (χ0) is 14.2. The van der Waals surface area contributed by atoms with Crippen molar-refractivity contribution in [2.75, 3.05) is 0 Å². The third-order valence-corrected chi connectivity index (χ3v) is 6.08. The minimum Gasteiger partial charge on any atom is -0.303 e. The quantitative estimate of drug-likeness (QED) is 0.427. The van der Waals surface area contributed by atoms with Gasteiger partial charge in [-0.05, 0) is 55.8 Å². The fraction of sp³-hybridized carbons (Fsp3) is 0.947. The molecule has 0 N–H and O–H groups in total. The van der Waals surface area contributed by atoms with Gasteiger partial charge in [0.15, 0.2) is 0 Å². The molecule has 0 spiro atoms. The monoisotopic (exact) mass is 278 g/mol. The summed E-state index contributed by atoms with van der Waals surface area (Å²) < 4.78 is 0. The van der Waals surface area contributed by atoms with E-state index in [1.807, 2.05) is 0 Å². The highest BCUT2D eigenvalue weighted by Gasteiger charge is 2.30. The molecule has 1 nitrogen and oxygen atoms in total. The first-order valence-corrected chi connectivity index (χ1v) is 9.27. The third-order valence-electron chi connectivity index (χ3n) is 6.08. The summed E-state index contributed by atoms with van der Waals surface area (Å²) in [6.45, 7) is 2.33. The van der Waals surface area contributed by atoms with E-state index in [-0.39, 0.29) is 0 Å². The molecule has 2 aliphatic rings. The summed E-state index contributed by atoms with van der Waals surface area (Å²) in [4.78, 5) is 10.4. The van der Waals surface area contributed by atoms with E-state index in [1.54, 1.807) is 0 Å². The van der Waals surface area contributed by atoms with E-state index in [9.17, 15) is 4.79 Å². The Morgan fingerprint density at radius 3 is 1.75 bits per heavy atom. The average Bonchev–Trinajstić information content (AvgIpc) is 2.49. The molecule has 0 bridgehead atoms. The fourth-order valence-electron chi connectivity index (χ4n) is 4.79. The lowest BCUT2D eigenvalue weighted by Crippen LogP contribution is -2.25. The normalized spacial score (nSPS) is 34.9. The average molecular weight is 278 g/mol. The van der Waals surface area contributed by atoms with Crippen LogP contribution in [-0.4, -0.2) is 6.29 Å². The number of carbonyl (C=O) groups is 1. The lowest BCUT2D eigenvalue weighted by atomic mass is 9.68. The zero-order valence-electron chi connectivity index (χ0n) is 13.5. The number of hydrogen-bond donors (Lipinski definition) is 0. The largest absolute Gasteiger partial charge is 0.303 e. The maximum absolute atomic E-state index is 10.4. The minimum absolute atomic E-state index is 0.779. The van der Waals surface area contributed by atoms with Gasteiger partial charge in [-0.1, -0.05) is 51.9 Å². The summed E-state index contributed by atoms with van der Waals surface area (Å²) in [7, 11) is 0. The van der Waals surface area contributed by atoms with E-state index < -0.39 is 0 Å². The predicted octanol–water partition coefficient (Wildman–Crippen LogP) is 5.77. The Morgan fingerprint density at radius 1 is 0.800 bits per heavy atom. The van der Waals surface area contributed by atoms with E-state index >= 15 is 0 Å². The van der Waals surface area contributed by atoms with Crippen molar-refractivity contribution in [3.05, 3.63) is 0 Å². The van der Waals surface area contributed by atoms with Crippen molar-refractivity contribution in [1.82, 2.24) is 0 Å². The molecule has 0 heterocycles. The van der Waals surface area contributed by atoms with Crippen LogP contribution in [0.3, 0.4) is 0 Å². The van der Waals surface area contributed by atoms with Crippen molar-refractivity contribution >= 4 is 6.29 Å². The lowest BCUT2D eigenvalue weighted by molar-refractivity contribution is -0.108. The predicted molar refractivity (Wildman–Crippen MR) is 85.7 cm³/mol. The Balaban J connectivity index is 1.63. The third kappa shape index (κ3) is 4.90. The van der Waals surface area contributed by atoms with E-state index in [0.717, 1.165) is 42.8 Å². The molecule has 116 valence electrons. The van der Waals surface area contributed by atoms with Gasteiger partial charge in [-0.25, -0.2) is 0 Å². The van der Waals surface area contributed by atoms with Crippen LogP contribution in [0.5, 0.6) is 0 Å². The molecule has 1 heteroatoms. The molecule has 0 aromatic rings. The molecule has 0 saturated heterocycles. The van der Waals surface area contributed by atoms with E-state index in [0.29, 0.717) is 0 Å². The van der Waals surface area contributed by atoms with E-state index in [4.69, 9.17) is 0 Å². The summed E-state index contributed by atoms with van der Waals surface area (Å²) in [6, 6.07) is 0. The standard InChI is InChI=1S/C19H34O/c1-2-5-16-7-11-18(12-8-16)19-13-9-17(10-14-19)6-3-4-15-20/h15-19H,2-14H2,1H3/t16-,17?,18-,19?. The van der Waals surface area contributed by atoms with Crippen LogP contribution in [0.15, 0.2) is 0 Å². The summed E-state index contributed by atoms with van der Waals surface area (Å²) in [5.74, 6) is 4.08. The van der Waals surface area contributed by atoms with Crippen LogP contribution in [0, 0.1) is 23.7 Å². The second-order valence-electron chi connectivity index (χ2n) is 7.45. The highest BCUT2D eigenvalue weighted by Crippen LogP contribution is 2.42. The molecular formula is C19H34O. The Hall–Kier alpha value is -0.330. The highest BCUT2D eigenvalue weighted by atomic mass is 16.1. The lowest BCUT2D eigenvalue weighted by Gasteiger charge is -2.38. The molecule has 0 aromatic heterocycles. The van der Waals surface area contributed by atoms with Gasteiger partial charge in [0.1, 0.15) is 6.29 Å². The van der Waals surface area contributed by atoms with Crippen molar-refractivity contribution < 1.29 is 4.79 Å². The van der Waals surface area contributed by atoms with Gasteiger partial charge in [0.2, 0.25) is 0 Å². The molecule has 2 aliphatic carbocycles. The smallest absolute Gasteiger partial charge is 0.119 e. The Morgan fingerprint density at radius 2 is 1.30 bits per heavy atom. The second-order valence-corrected chi connectivity index (χ2v) is 7.45. The number of hydrogen-bond acceptors (Lipinski definition) is 1. The van der Waals surface area contributed by atoms with Crippen LogP contribution in [0.2, 0.25) is 0 Å². The SMILES string of the molecule is CCC[C@H]1CC[C@H](C2CCC(CCCC=O)CC2)CC1. The number of unbranched alkanes of at least 4 members (excludes halogenated alkanes) is 1. The molecular weight excluding hydrogens is 244 g/mol. The first-order chi connectivity index (χ1) is 9.83. The van der Waals surface area contributed by atoms with Crippen molar-refractivity contribution in [1.29, 1.82) is 0 Å². The Kier molecular flexibility index (Phi) is 7.10.